The summed E-state index contributed by atoms with van der Waals surface area (Å²) >= 11 is 12.6. The maximum Gasteiger partial charge on any atom is 0.188 e. The van der Waals surface area contributed by atoms with Crippen LogP contribution < -0.4 is 11.1 Å². The third-order valence-electron chi connectivity index (χ3n) is 2.78. The van der Waals surface area contributed by atoms with E-state index in [0.29, 0.717) is 15.6 Å². The van der Waals surface area contributed by atoms with E-state index in [0.717, 1.165) is 21.0 Å². The number of hydrogen-bond donors (Lipinski definition) is 2. The number of rotatable bonds is 3. The molecular weight excluding hydrogens is 310 g/mol. The number of nitrogens with zero attached hydrogens (tertiary/aromatic N) is 1. The number of thiocarbonyl (C=S) groups is 1. The van der Waals surface area contributed by atoms with Gasteiger partial charge in [0.15, 0.2) is 5.13 Å². The Kier molecular flexibility index (Phi) is 3.56. The number of halogens is 1. The maximum absolute atomic E-state index is 5.97. The molecule has 0 bridgehead atoms. The van der Waals surface area contributed by atoms with Gasteiger partial charge in [-0.15, -0.1) is 0 Å². The number of aromatic nitrogens is 1. The van der Waals surface area contributed by atoms with Crippen LogP contribution in [-0.2, 0) is 0 Å². The predicted molar refractivity (Wildman–Crippen MR) is 90.2 cm³/mol. The van der Waals surface area contributed by atoms with Crippen molar-refractivity contribution in [2.75, 3.05) is 5.32 Å². The van der Waals surface area contributed by atoms with Crippen LogP contribution in [0.4, 0.5) is 10.8 Å². The summed E-state index contributed by atoms with van der Waals surface area (Å²) in [6, 6.07) is 13.4. The predicted octanol–water partition coefficient (Wildman–Crippen LogP) is 4.33. The average molecular weight is 320 g/mol. The summed E-state index contributed by atoms with van der Waals surface area (Å²) in [6.07, 6.45) is 0. The van der Waals surface area contributed by atoms with Crippen LogP contribution in [0.15, 0.2) is 42.5 Å². The molecule has 0 unspecified atom stereocenters. The van der Waals surface area contributed by atoms with E-state index in [9.17, 15) is 0 Å². The highest BCUT2D eigenvalue weighted by Gasteiger charge is 2.09. The molecule has 3 rings (SSSR count). The van der Waals surface area contributed by atoms with Gasteiger partial charge in [-0.2, -0.15) is 0 Å². The van der Waals surface area contributed by atoms with E-state index in [1.807, 2.05) is 30.3 Å². The molecule has 0 atom stereocenters. The van der Waals surface area contributed by atoms with Gasteiger partial charge in [-0.25, -0.2) is 4.98 Å². The van der Waals surface area contributed by atoms with Gasteiger partial charge in [0.25, 0.3) is 0 Å². The average Bonchev–Trinajstić information content (AvgIpc) is 2.82. The van der Waals surface area contributed by atoms with Crippen molar-refractivity contribution in [3.63, 3.8) is 0 Å². The molecule has 0 fully saturated rings. The lowest BCUT2D eigenvalue weighted by atomic mass is 10.2. The maximum atomic E-state index is 5.97. The summed E-state index contributed by atoms with van der Waals surface area (Å²) in [5, 5.41) is 4.65. The van der Waals surface area contributed by atoms with Crippen LogP contribution in [0.1, 0.15) is 5.56 Å². The van der Waals surface area contributed by atoms with Gasteiger partial charge in [-0.1, -0.05) is 47.3 Å². The van der Waals surface area contributed by atoms with Gasteiger partial charge in [-0.3, -0.25) is 0 Å². The van der Waals surface area contributed by atoms with E-state index in [1.54, 1.807) is 23.5 Å². The fraction of sp³-hybridized carbons (Fsp3) is 0. The molecule has 0 spiro atoms. The number of fused-ring (bicyclic) bond motifs is 1. The van der Waals surface area contributed by atoms with Crippen molar-refractivity contribution in [3.05, 3.63) is 53.1 Å². The van der Waals surface area contributed by atoms with Crippen molar-refractivity contribution >= 4 is 61.2 Å². The van der Waals surface area contributed by atoms with Crippen LogP contribution in [0.3, 0.4) is 0 Å². The lowest BCUT2D eigenvalue weighted by molar-refractivity contribution is 1.44. The molecule has 0 radical (unpaired) electrons. The van der Waals surface area contributed by atoms with Gasteiger partial charge in [0.2, 0.25) is 0 Å². The highest BCUT2D eigenvalue weighted by Crippen LogP contribution is 2.30. The zero-order valence-corrected chi connectivity index (χ0v) is 12.6. The second-order valence-corrected chi connectivity index (χ2v) is 6.07. The minimum atomic E-state index is 0.302. The Morgan fingerprint density at radius 1 is 1.25 bits per heavy atom. The van der Waals surface area contributed by atoms with E-state index >= 15 is 0 Å². The Morgan fingerprint density at radius 2 is 2.05 bits per heavy atom. The molecule has 0 aliphatic rings. The minimum Gasteiger partial charge on any atom is -0.389 e. The van der Waals surface area contributed by atoms with Crippen LogP contribution in [0.25, 0.3) is 10.2 Å². The molecule has 3 nitrogen and oxygen atoms in total. The monoisotopic (exact) mass is 319 g/mol. The summed E-state index contributed by atoms with van der Waals surface area (Å²) in [4.78, 5) is 4.82. The Bertz CT molecular complexity index is 765. The van der Waals surface area contributed by atoms with Crippen molar-refractivity contribution in [2.45, 2.75) is 0 Å². The SMILES string of the molecule is NC(=S)c1cc(Cl)ccc1Nc1nc2ccccc2s1. The van der Waals surface area contributed by atoms with Crippen LogP contribution in [-0.4, -0.2) is 9.97 Å². The Labute approximate surface area is 130 Å². The van der Waals surface area contributed by atoms with Crippen molar-refractivity contribution in [1.82, 2.24) is 4.98 Å². The molecule has 1 heterocycles. The molecule has 2 aromatic carbocycles. The highest BCUT2D eigenvalue weighted by atomic mass is 35.5. The largest absolute Gasteiger partial charge is 0.389 e. The van der Waals surface area contributed by atoms with Crippen molar-refractivity contribution < 1.29 is 0 Å². The van der Waals surface area contributed by atoms with Crippen LogP contribution >= 0.6 is 35.2 Å². The molecule has 3 N–H and O–H groups in total. The van der Waals surface area contributed by atoms with Crippen LogP contribution in [0.5, 0.6) is 0 Å². The minimum absolute atomic E-state index is 0.302. The number of benzene rings is 2. The van der Waals surface area contributed by atoms with E-state index in [4.69, 9.17) is 29.6 Å². The summed E-state index contributed by atoms with van der Waals surface area (Å²) in [5.74, 6) is 0. The van der Waals surface area contributed by atoms with E-state index < -0.39 is 0 Å². The van der Waals surface area contributed by atoms with Crippen LogP contribution in [0, 0.1) is 0 Å². The first kappa shape index (κ1) is 13.3. The Hall–Kier alpha value is -1.69. The zero-order valence-electron chi connectivity index (χ0n) is 10.3. The molecule has 20 heavy (non-hydrogen) atoms. The summed E-state index contributed by atoms with van der Waals surface area (Å²) in [6.45, 7) is 0. The fourth-order valence-corrected chi connectivity index (χ4v) is 3.09. The number of hydrogen-bond acceptors (Lipinski definition) is 4. The molecule has 6 heteroatoms. The molecule has 0 saturated heterocycles. The molecule has 0 aliphatic heterocycles. The topological polar surface area (TPSA) is 50.9 Å². The number of anilines is 2. The standard InChI is InChI=1S/C14H10ClN3S2/c15-8-5-6-10(9(7-8)13(16)19)17-14-18-11-3-1-2-4-12(11)20-14/h1-7H,(H2,16,19)(H,17,18). The van der Waals surface area contributed by atoms with E-state index in [-0.39, 0.29) is 0 Å². The lowest BCUT2D eigenvalue weighted by Crippen LogP contribution is -2.11. The lowest BCUT2D eigenvalue weighted by Gasteiger charge is -2.09. The van der Waals surface area contributed by atoms with Gasteiger partial charge in [0, 0.05) is 10.6 Å². The number of nitrogens with two attached hydrogens (primary N) is 1. The van der Waals surface area contributed by atoms with Gasteiger partial charge >= 0.3 is 0 Å². The van der Waals surface area contributed by atoms with Crippen molar-refractivity contribution in [1.29, 1.82) is 0 Å². The highest BCUT2D eigenvalue weighted by molar-refractivity contribution is 7.80. The van der Waals surface area contributed by atoms with Gasteiger partial charge in [-0.05, 0) is 30.3 Å². The zero-order chi connectivity index (χ0) is 14.1. The van der Waals surface area contributed by atoms with E-state index in [2.05, 4.69) is 10.3 Å². The van der Waals surface area contributed by atoms with Gasteiger partial charge < -0.3 is 11.1 Å². The summed E-state index contributed by atoms with van der Waals surface area (Å²) < 4.78 is 1.13. The Balaban J connectivity index is 2.00. The van der Waals surface area contributed by atoms with Crippen LogP contribution in [0.2, 0.25) is 5.02 Å². The number of nitrogens with one attached hydrogen (secondary N) is 1. The second kappa shape index (κ2) is 5.36. The first-order valence-corrected chi connectivity index (χ1v) is 7.46. The number of thiazole rings is 1. The molecule has 100 valence electrons. The molecule has 0 amide bonds. The van der Waals surface area contributed by atoms with Crippen molar-refractivity contribution in [3.8, 4) is 0 Å². The Morgan fingerprint density at radius 3 is 2.80 bits per heavy atom. The first-order chi connectivity index (χ1) is 9.63. The smallest absolute Gasteiger partial charge is 0.188 e. The van der Waals surface area contributed by atoms with Crippen molar-refractivity contribution in [2.24, 2.45) is 5.73 Å². The quantitative estimate of drug-likeness (QED) is 0.706. The molecule has 3 aromatic rings. The second-order valence-electron chi connectivity index (χ2n) is 4.17. The third-order valence-corrected chi connectivity index (χ3v) is 4.19. The van der Waals surface area contributed by atoms with Gasteiger partial charge in [0.05, 0.1) is 15.9 Å². The summed E-state index contributed by atoms with van der Waals surface area (Å²) in [5.41, 5.74) is 8.21. The summed E-state index contributed by atoms with van der Waals surface area (Å²) in [7, 11) is 0. The van der Waals surface area contributed by atoms with E-state index in [1.165, 1.54) is 0 Å². The first-order valence-electron chi connectivity index (χ1n) is 5.85. The fourth-order valence-electron chi connectivity index (χ4n) is 1.87. The third kappa shape index (κ3) is 2.60. The molecular formula is C14H10ClN3S2. The molecule has 0 saturated carbocycles. The molecule has 0 aliphatic carbocycles. The number of para-hydroxylation sites is 1. The normalized spacial score (nSPS) is 10.7. The van der Waals surface area contributed by atoms with Gasteiger partial charge in [0.1, 0.15) is 4.99 Å². The molecule has 1 aromatic heterocycles.